The van der Waals surface area contributed by atoms with E-state index in [2.05, 4.69) is 150 Å². The molecular formula is C53H31N5O. The maximum Gasteiger partial charge on any atom is 0.164 e. The lowest BCUT2D eigenvalue weighted by Crippen LogP contribution is -2.27. The number of benzene rings is 8. The predicted molar refractivity (Wildman–Crippen MR) is 234 cm³/mol. The van der Waals surface area contributed by atoms with Gasteiger partial charge in [-0.1, -0.05) is 158 Å². The van der Waals surface area contributed by atoms with Crippen molar-refractivity contribution in [2.24, 2.45) is 0 Å². The number of para-hydroxylation sites is 5. The van der Waals surface area contributed by atoms with Crippen LogP contribution in [0.5, 0.6) is 0 Å². The van der Waals surface area contributed by atoms with Crippen LogP contribution in [0.25, 0.3) is 95.1 Å². The Kier molecular flexibility index (Phi) is 6.55. The molecule has 1 aliphatic carbocycles. The largest absolute Gasteiger partial charge is 0.455 e. The summed E-state index contributed by atoms with van der Waals surface area (Å²) in [6.07, 6.45) is 0. The number of imidazole rings is 1. The molecule has 1 aliphatic heterocycles. The van der Waals surface area contributed by atoms with E-state index in [0.717, 1.165) is 72.3 Å². The minimum absolute atomic E-state index is 0.605. The fourth-order valence-electron chi connectivity index (χ4n) is 9.70. The number of aromatic nitrogens is 5. The first kappa shape index (κ1) is 32.2. The van der Waals surface area contributed by atoms with Crippen LogP contribution in [-0.4, -0.2) is 24.5 Å². The Morgan fingerprint density at radius 3 is 1.88 bits per heavy atom. The van der Waals surface area contributed by atoms with E-state index >= 15 is 0 Å². The normalized spacial score (nSPS) is 14.8. The summed E-state index contributed by atoms with van der Waals surface area (Å²) in [6.45, 7) is 0. The van der Waals surface area contributed by atoms with Gasteiger partial charge < -0.3 is 4.42 Å². The van der Waals surface area contributed by atoms with Crippen LogP contribution < -0.4 is 0 Å². The van der Waals surface area contributed by atoms with Gasteiger partial charge >= 0.3 is 0 Å². The first-order chi connectivity index (χ1) is 29.2. The molecule has 11 aromatic rings. The van der Waals surface area contributed by atoms with Crippen LogP contribution >= 0.6 is 0 Å². The van der Waals surface area contributed by atoms with Gasteiger partial charge in [-0.15, -0.1) is 0 Å². The number of rotatable bonds is 4. The van der Waals surface area contributed by atoms with Crippen molar-refractivity contribution in [2.45, 2.75) is 5.41 Å². The number of hydrogen-bond donors (Lipinski definition) is 0. The van der Waals surface area contributed by atoms with Crippen LogP contribution in [0.15, 0.2) is 192 Å². The summed E-state index contributed by atoms with van der Waals surface area (Å²) in [4.78, 5) is 20.9. The Morgan fingerprint density at radius 2 is 1.02 bits per heavy atom. The maximum atomic E-state index is 6.39. The molecule has 1 atom stereocenters. The monoisotopic (exact) mass is 753 g/mol. The van der Waals surface area contributed by atoms with Crippen molar-refractivity contribution >= 4 is 33.0 Å². The van der Waals surface area contributed by atoms with Crippen LogP contribution in [-0.2, 0) is 5.41 Å². The van der Waals surface area contributed by atoms with Crippen LogP contribution in [0.2, 0.25) is 0 Å². The molecule has 0 saturated heterocycles. The van der Waals surface area contributed by atoms with Gasteiger partial charge in [0.1, 0.15) is 22.4 Å². The van der Waals surface area contributed by atoms with E-state index in [1.165, 1.54) is 27.8 Å². The minimum Gasteiger partial charge on any atom is -0.455 e. The minimum atomic E-state index is -0.631. The summed E-state index contributed by atoms with van der Waals surface area (Å²) in [6, 6.07) is 65.8. The highest BCUT2D eigenvalue weighted by Crippen LogP contribution is 2.60. The number of hydrogen-bond acceptors (Lipinski definition) is 5. The summed E-state index contributed by atoms with van der Waals surface area (Å²) in [5.41, 5.74) is 15.2. The van der Waals surface area contributed by atoms with E-state index in [4.69, 9.17) is 24.4 Å². The lowest BCUT2D eigenvalue weighted by atomic mass is 9.72. The zero-order chi connectivity index (χ0) is 38.7. The zero-order valence-corrected chi connectivity index (χ0v) is 31.5. The summed E-state index contributed by atoms with van der Waals surface area (Å²) in [7, 11) is 0. The molecule has 274 valence electrons. The maximum absolute atomic E-state index is 6.39. The van der Waals surface area contributed by atoms with Crippen LogP contribution in [0.1, 0.15) is 22.5 Å². The second kappa shape index (κ2) is 12.0. The Labute approximate surface area is 338 Å². The standard InChI is InChI=1S/C53H31N5O/c1-2-13-33(14-3-1)49-55-50(34-27-25-32(26-28-34)36-17-12-18-40-39-16-5-11-24-47(39)59-48(36)40)57-51(56-49)35-29-30-38-37-15-4-6-19-41(37)53(43(38)31-35)42-20-7-9-22-45(42)58-46-23-10-8-21-44(46)54-52(53)58/h1-31H. The fourth-order valence-corrected chi connectivity index (χ4v) is 9.70. The summed E-state index contributed by atoms with van der Waals surface area (Å²) in [5.74, 6) is 2.84. The van der Waals surface area contributed by atoms with Gasteiger partial charge in [0.25, 0.3) is 0 Å². The molecule has 1 spiro atoms. The van der Waals surface area contributed by atoms with Crippen molar-refractivity contribution in [1.82, 2.24) is 24.5 Å². The van der Waals surface area contributed by atoms with Gasteiger partial charge in [0.2, 0.25) is 0 Å². The third-order valence-corrected chi connectivity index (χ3v) is 12.3. The molecule has 0 N–H and O–H groups in total. The van der Waals surface area contributed by atoms with Gasteiger partial charge in [-0.2, -0.15) is 0 Å². The highest BCUT2D eigenvalue weighted by atomic mass is 16.3. The lowest BCUT2D eigenvalue weighted by Gasteiger charge is -2.27. The molecular weight excluding hydrogens is 723 g/mol. The number of fused-ring (bicyclic) bond motifs is 15. The van der Waals surface area contributed by atoms with E-state index in [0.29, 0.717) is 17.5 Å². The predicted octanol–water partition coefficient (Wildman–Crippen LogP) is 12.5. The molecule has 59 heavy (non-hydrogen) atoms. The quantitative estimate of drug-likeness (QED) is 0.179. The number of furan rings is 1. The summed E-state index contributed by atoms with van der Waals surface area (Å²) < 4.78 is 8.74. The average Bonchev–Trinajstić information content (AvgIpc) is 4.04. The van der Waals surface area contributed by atoms with E-state index in [1.807, 2.05) is 42.5 Å². The van der Waals surface area contributed by atoms with E-state index in [-0.39, 0.29) is 0 Å². The molecule has 2 aliphatic rings. The van der Waals surface area contributed by atoms with Crippen molar-refractivity contribution in [3.8, 4) is 62.1 Å². The molecule has 8 aromatic carbocycles. The Bertz CT molecular complexity index is 3510. The molecule has 13 rings (SSSR count). The summed E-state index contributed by atoms with van der Waals surface area (Å²) >= 11 is 0. The highest BCUT2D eigenvalue weighted by Gasteiger charge is 2.54. The SMILES string of the molecule is c1ccc(-c2nc(-c3ccc(-c4cccc5c4oc4ccccc45)cc3)nc(-c3ccc4c(c3)C3(c5ccccc5-4)c4ccccc4-n4c3nc3ccccc34)n2)cc1. The molecule has 0 amide bonds. The van der Waals surface area contributed by atoms with Gasteiger partial charge in [0.05, 0.1) is 16.7 Å². The van der Waals surface area contributed by atoms with E-state index < -0.39 is 5.41 Å². The molecule has 4 heterocycles. The third-order valence-electron chi connectivity index (χ3n) is 12.3. The molecule has 0 fully saturated rings. The fraction of sp³-hybridized carbons (Fsp3) is 0.0189. The second-order valence-electron chi connectivity index (χ2n) is 15.4. The van der Waals surface area contributed by atoms with Crippen molar-refractivity contribution in [3.05, 3.63) is 211 Å². The Balaban J connectivity index is 0.992. The van der Waals surface area contributed by atoms with Crippen LogP contribution in [0.4, 0.5) is 0 Å². The smallest absolute Gasteiger partial charge is 0.164 e. The zero-order valence-electron chi connectivity index (χ0n) is 31.5. The van der Waals surface area contributed by atoms with Crippen molar-refractivity contribution in [1.29, 1.82) is 0 Å². The topological polar surface area (TPSA) is 69.6 Å². The molecule has 3 aromatic heterocycles. The van der Waals surface area contributed by atoms with Crippen molar-refractivity contribution < 1.29 is 4.42 Å². The lowest BCUT2D eigenvalue weighted by molar-refractivity contribution is 0.670. The molecule has 0 bridgehead atoms. The molecule has 6 nitrogen and oxygen atoms in total. The Morgan fingerprint density at radius 1 is 0.407 bits per heavy atom. The average molecular weight is 754 g/mol. The van der Waals surface area contributed by atoms with Gasteiger partial charge in [-0.25, -0.2) is 19.9 Å². The van der Waals surface area contributed by atoms with E-state index in [9.17, 15) is 0 Å². The summed E-state index contributed by atoms with van der Waals surface area (Å²) in [5, 5.41) is 2.22. The van der Waals surface area contributed by atoms with Crippen molar-refractivity contribution in [3.63, 3.8) is 0 Å². The third kappa shape index (κ3) is 4.45. The van der Waals surface area contributed by atoms with Crippen molar-refractivity contribution in [2.75, 3.05) is 0 Å². The van der Waals surface area contributed by atoms with Crippen LogP contribution in [0, 0.1) is 0 Å². The first-order valence-electron chi connectivity index (χ1n) is 19.9. The highest BCUT2D eigenvalue weighted by molar-refractivity contribution is 6.09. The molecule has 0 saturated carbocycles. The van der Waals surface area contributed by atoms with Gasteiger partial charge in [-0.05, 0) is 63.7 Å². The van der Waals surface area contributed by atoms with E-state index in [1.54, 1.807) is 0 Å². The van der Waals surface area contributed by atoms with Crippen LogP contribution in [0.3, 0.4) is 0 Å². The van der Waals surface area contributed by atoms with Gasteiger partial charge in [0, 0.05) is 33.0 Å². The molecule has 1 unspecified atom stereocenters. The van der Waals surface area contributed by atoms with Gasteiger partial charge in [0.15, 0.2) is 17.5 Å². The first-order valence-corrected chi connectivity index (χ1v) is 19.9. The van der Waals surface area contributed by atoms with Gasteiger partial charge in [-0.3, -0.25) is 4.57 Å². The number of nitrogens with zero attached hydrogens (tertiary/aromatic N) is 5. The molecule has 6 heteroatoms. The second-order valence-corrected chi connectivity index (χ2v) is 15.4. The Hall–Kier alpha value is -7.96. The molecule has 0 radical (unpaired) electrons.